The molecule has 3 nitrogen and oxygen atoms in total. The molecule has 29 heavy (non-hydrogen) atoms. The predicted molar refractivity (Wildman–Crippen MR) is 122 cm³/mol. The van der Waals surface area contributed by atoms with E-state index in [1.807, 2.05) is 65.2 Å². The van der Waals surface area contributed by atoms with Gasteiger partial charge < -0.3 is 4.57 Å². The first-order valence-corrected chi connectivity index (χ1v) is 10.7. The van der Waals surface area contributed by atoms with Gasteiger partial charge in [0, 0.05) is 10.0 Å². The second kappa shape index (κ2) is 8.60. The summed E-state index contributed by atoms with van der Waals surface area (Å²) in [5.74, 6) is 2.38. The predicted octanol–water partition coefficient (Wildman–Crippen LogP) is 5.43. The van der Waals surface area contributed by atoms with Gasteiger partial charge in [-0.25, -0.2) is 0 Å². The van der Waals surface area contributed by atoms with E-state index in [1.165, 1.54) is 16.9 Å². The Balaban J connectivity index is 1.64. The maximum absolute atomic E-state index is 12.7. The lowest BCUT2D eigenvalue weighted by Gasteiger charge is -2.03. The molecule has 0 unspecified atom stereocenters. The Bertz CT molecular complexity index is 1280. The highest BCUT2D eigenvalue weighted by Gasteiger charge is 2.09. The fourth-order valence-electron chi connectivity index (χ4n) is 3.12. The smallest absolute Gasteiger partial charge is 0.279 e. The molecule has 4 rings (SSSR count). The highest BCUT2D eigenvalue weighted by molar-refractivity contribution is 9.10. The molecular weight excluding hydrogens is 444 g/mol. The number of hydrogen-bond donors (Lipinski definition) is 0. The molecule has 5 heteroatoms. The van der Waals surface area contributed by atoms with E-state index in [9.17, 15) is 4.79 Å². The van der Waals surface area contributed by atoms with Crippen molar-refractivity contribution in [1.29, 1.82) is 0 Å². The molecule has 0 fully saturated rings. The fourth-order valence-corrected chi connectivity index (χ4v) is 4.70. The quantitative estimate of drug-likeness (QED) is 0.373. The molecule has 1 amide bonds. The summed E-state index contributed by atoms with van der Waals surface area (Å²) in [5.41, 5.74) is 3.93. The zero-order valence-corrected chi connectivity index (χ0v) is 17.9. The minimum atomic E-state index is -0.271. The first-order valence-electron chi connectivity index (χ1n) is 9.08. The molecule has 142 valence electrons. The molecule has 0 N–H and O–H groups in total. The Hall–Kier alpha value is -2.94. The second-order valence-corrected chi connectivity index (χ2v) is 8.49. The lowest BCUT2D eigenvalue weighted by Crippen LogP contribution is -2.16. The summed E-state index contributed by atoms with van der Waals surface area (Å²) >= 11 is 4.94. The van der Waals surface area contributed by atoms with Gasteiger partial charge >= 0.3 is 0 Å². The van der Waals surface area contributed by atoms with Crippen molar-refractivity contribution in [2.45, 2.75) is 13.0 Å². The van der Waals surface area contributed by atoms with Crippen molar-refractivity contribution in [1.82, 2.24) is 4.57 Å². The minimum Gasteiger partial charge on any atom is -0.305 e. The van der Waals surface area contributed by atoms with Gasteiger partial charge in [0.1, 0.15) is 0 Å². The maximum Gasteiger partial charge on any atom is 0.279 e. The molecule has 3 aromatic carbocycles. The highest BCUT2D eigenvalue weighted by atomic mass is 79.9. The van der Waals surface area contributed by atoms with Crippen LogP contribution in [0, 0.1) is 12.3 Å². The third-order valence-electron chi connectivity index (χ3n) is 4.54. The van der Waals surface area contributed by atoms with Crippen LogP contribution in [0.3, 0.4) is 0 Å². The van der Waals surface area contributed by atoms with Crippen LogP contribution in [-0.4, -0.2) is 10.5 Å². The second-order valence-electron chi connectivity index (χ2n) is 6.56. The molecule has 1 aromatic heterocycles. The van der Waals surface area contributed by atoms with Gasteiger partial charge in [-0.15, -0.1) is 6.42 Å². The average Bonchev–Trinajstić information content (AvgIpc) is 3.05. The molecule has 0 aliphatic carbocycles. The van der Waals surface area contributed by atoms with Crippen LogP contribution in [0.2, 0.25) is 0 Å². The van der Waals surface area contributed by atoms with Gasteiger partial charge in [0.25, 0.3) is 5.91 Å². The molecule has 0 bridgehead atoms. The summed E-state index contributed by atoms with van der Waals surface area (Å²) in [4.78, 5) is 17.7. The zero-order valence-electron chi connectivity index (χ0n) is 15.5. The molecule has 0 atom stereocenters. The SMILES string of the molecule is C#CCn1c(=NC(=O)c2ccc(Cc3ccccc3)cc2)sc2cc(Br)ccc21. The van der Waals surface area contributed by atoms with Gasteiger partial charge in [0.15, 0.2) is 4.80 Å². The number of carbonyl (C=O) groups is 1. The van der Waals surface area contributed by atoms with E-state index >= 15 is 0 Å². The lowest BCUT2D eigenvalue weighted by molar-refractivity contribution is 0.0998. The number of terminal acetylenes is 1. The van der Waals surface area contributed by atoms with E-state index < -0.39 is 0 Å². The van der Waals surface area contributed by atoms with Crippen LogP contribution in [0.5, 0.6) is 0 Å². The van der Waals surface area contributed by atoms with Crippen molar-refractivity contribution in [3.05, 3.63) is 98.8 Å². The summed E-state index contributed by atoms with van der Waals surface area (Å²) in [6.07, 6.45) is 6.36. The van der Waals surface area contributed by atoms with Gasteiger partial charge in [-0.3, -0.25) is 4.79 Å². The van der Waals surface area contributed by atoms with Crippen molar-refractivity contribution >= 4 is 43.4 Å². The molecule has 1 heterocycles. The molecule has 0 aliphatic heterocycles. The number of thiazole rings is 1. The Morgan fingerprint density at radius 1 is 1.03 bits per heavy atom. The maximum atomic E-state index is 12.7. The highest BCUT2D eigenvalue weighted by Crippen LogP contribution is 2.22. The summed E-state index contributed by atoms with van der Waals surface area (Å²) in [6.45, 7) is 0.365. The van der Waals surface area contributed by atoms with Gasteiger partial charge in [0.2, 0.25) is 0 Å². The third-order valence-corrected chi connectivity index (χ3v) is 6.08. The van der Waals surface area contributed by atoms with Crippen LogP contribution in [0.25, 0.3) is 10.2 Å². The molecule has 0 saturated carbocycles. The Morgan fingerprint density at radius 2 is 1.76 bits per heavy atom. The Morgan fingerprint density at radius 3 is 2.48 bits per heavy atom. The van der Waals surface area contributed by atoms with Crippen LogP contribution < -0.4 is 4.80 Å². The number of nitrogens with zero attached hydrogens (tertiary/aromatic N) is 2. The van der Waals surface area contributed by atoms with Crippen molar-refractivity contribution in [2.24, 2.45) is 4.99 Å². The van der Waals surface area contributed by atoms with E-state index in [4.69, 9.17) is 6.42 Å². The topological polar surface area (TPSA) is 34.4 Å². The summed E-state index contributed by atoms with van der Waals surface area (Å²) in [5, 5.41) is 0. The number of amides is 1. The van der Waals surface area contributed by atoms with Gasteiger partial charge in [-0.05, 0) is 47.9 Å². The largest absolute Gasteiger partial charge is 0.305 e. The van der Waals surface area contributed by atoms with E-state index in [0.717, 1.165) is 26.7 Å². The van der Waals surface area contributed by atoms with Crippen molar-refractivity contribution in [2.75, 3.05) is 0 Å². The molecule has 4 aromatic rings. The van der Waals surface area contributed by atoms with Crippen molar-refractivity contribution in [3.63, 3.8) is 0 Å². The zero-order chi connectivity index (χ0) is 20.2. The number of fused-ring (bicyclic) bond motifs is 1. The normalized spacial score (nSPS) is 11.5. The number of aromatic nitrogens is 1. The van der Waals surface area contributed by atoms with Crippen LogP contribution in [0.1, 0.15) is 21.5 Å². The van der Waals surface area contributed by atoms with Crippen molar-refractivity contribution in [3.8, 4) is 12.3 Å². The number of halogens is 1. The van der Waals surface area contributed by atoms with Crippen molar-refractivity contribution < 1.29 is 4.79 Å². The number of benzene rings is 3. The van der Waals surface area contributed by atoms with Crippen LogP contribution in [-0.2, 0) is 13.0 Å². The summed E-state index contributed by atoms with van der Waals surface area (Å²) < 4.78 is 3.90. The minimum absolute atomic E-state index is 0.271. The van der Waals surface area contributed by atoms with Gasteiger partial charge in [-0.1, -0.05) is 75.7 Å². The molecule has 0 radical (unpaired) electrons. The first-order chi connectivity index (χ1) is 14.1. The lowest BCUT2D eigenvalue weighted by atomic mass is 10.0. The van der Waals surface area contributed by atoms with Crippen LogP contribution in [0.4, 0.5) is 0 Å². The van der Waals surface area contributed by atoms with E-state index in [1.54, 1.807) is 0 Å². The van der Waals surface area contributed by atoms with E-state index in [2.05, 4.69) is 39.0 Å². The summed E-state index contributed by atoms with van der Waals surface area (Å²) in [7, 11) is 0. The number of rotatable bonds is 4. The van der Waals surface area contributed by atoms with E-state index in [-0.39, 0.29) is 5.91 Å². The van der Waals surface area contributed by atoms with E-state index in [0.29, 0.717) is 16.9 Å². The Kier molecular flexibility index (Phi) is 5.75. The molecule has 0 aliphatic rings. The monoisotopic (exact) mass is 460 g/mol. The van der Waals surface area contributed by atoms with Gasteiger partial charge in [0.05, 0.1) is 16.8 Å². The molecule has 0 saturated heterocycles. The first kappa shape index (κ1) is 19.4. The van der Waals surface area contributed by atoms with Crippen LogP contribution in [0.15, 0.2) is 82.3 Å². The average molecular weight is 461 g/mol. The third kappa shape index (κ3) is 4.40. The number of carbonyl (C=O) groups excluding carboxylic acids is 1. The standard InChI is InChI=1S/C24H17BrN2OS/c1-2-14-27-21-13-12-20(25)16-22(21)29-24(27)26-23(28)19-10-8-18(9-11-19)15-17-6-4-3-5-7-17/h1,3-13,16H,14-15H2. The van der Waals surface area contributed by atoms with Gasteiger partial charge in [-0.2, -0.15) is 4.99 Å². The Labute approximate surface area is 181 Å². The molecular formula is C24H17BrN2OS. The fraction of sp³-hybridized carbons (Fsp3) is 0.0833. The summed E-state index contributed by atoms with van der Waals surface area (Å²) in [6, 6.07) is 23.8. The number of hydrogen-bond acceptors (Lipinski definition) is 2. The molecule has 0 spiro atoms. The van der Waals surface area contributed by atoms with Crippen LogP contribution >= 0.6 is 27.3 Å².